The summed E-state index contributed by atoms with van der Waals surface area (Å²) in [6.45, 7) is 3.82. The Kier molecular flexibility index (Phi) is 6.33. The van der Waals surface area contributed by atoms with E-state index < -0.39 is 15.7 Å². The van der Waals surface area contributed by atoms with Crippen LogP contribution in [0, 0.1) is 5.82 Å². The first-order valence-electron chi connectivity index (χ1n) is 9.80. The van der Waals surface area contributed by atoms with E-state index in [1.165, 1.54) is 41.7 Å². The minimum Gasteiger partial charge on any atom is -0.379 e. The average molecular weight is 464 g/mol. The summed E-state index contributed by atoms with van der Waals surface area (Å²) in [5, 5.41) is 0.411. The van der Waals surface area contributed by atoms with Gasteiger partial charge in [0.1, 0.15) is 11.3 Å². The van der Waals surface area contributed by atoms with Crippen LogP contribution >= 0.6 is 11.3 Å². The van der Waals surface area contributed by atoms with Gasteiger partial charge in [-0.15, -0.1) is 0 Å². The van der Waals surface area contributed by atoms with Gasteiger partial charge >= 0.3 is 0 Å². The van der Waals surface area contributed by atoms with E-state index in [2.05, 4.69) is 9.88 Å². The van der Waals surface area contributed by atoms with E-state index in [-0.39, 0.29) is 10.8 Å². The van der Waals surface area contributed by atoms with Crippen LogP contribution < -0.4 is 4.90 Å². The van der Waals surface area contributed by atoms with Crippen molar-refractivity contribution in [3.63, 3.8) is 0 Å². The van der Waals surface area contributed by atoms with Gasteiger partial charge in [-0.1, -0.05) is 17.4 Å². The van der Waals surface area contributed by atoms with Gasteiger partial charge in [0.25, 0.3) is 5.91 Å². The maximum absolute atomic E-state index is 13.4. The summed E-state index contributed by atoms with van der Waals surface area (Å²) < 4.78 is 43.8. The van der Waals surface area contributed by atoms with E-state index >= 15 is 0 Å². The summed E-state index contributed by atoms with van der Waals surface area (Å²) in [5.74, 6) is -0.734. The van der Waals surface area contributed by atoms with E-state index in [1.54, 1.807) is 17.0 Å². The van der Waals surface area contributed by atoms with E-state index in [9.17, 15) is 17.6 Å². The molecule has 0 unspecified atom stereocenters. The first-order chi connectivity index (χ1) is 14.8. The molecule has 1 amide bonds. The van der Waals surface area contributed by atoms with Gasteiger partial charge in [0.05, 0.1) is 22.8 Å². The average Bonchev–Trinajstić information content (AvgIpc) is 3.18. The molecule has 1 aliphatic rings. The Morgan fingerprint density at radius 3 is 2.58 bits per heavy atom. The number of benzene rings is 2. The third-order valence-corrected chi connectivity index (χ3v) is 7.25. The van der Waals surface area contributed by atoms with E-state index in [0.717, 1.165) is 19.3 Å². The SMILES string of the molecule is CS(=O)(=O)c1cccc2sc(N(CCN3CCOCC3)C(=O)c3ccc(F)cc3)nc12. The van der Waals surface area contributed by atoms with Gasteiger partial charge in [-0.25, -0.2) is 17.8 Å². The highest BCUT2D eigenvalue weighted by molar-refractivity contribution is 7.91. The van der Waals surface area contributed by atoms with Crippen LogP contribution in [0.3, 0.4) is 0 Å². The number of ether oxygens (including phenoxy) is 1. The van der Waals surface area contributed by atoms with Crippen LogP contribution in [-0.4, -0.2) is 69.9 Å². The van der Waals surface area contributed by atoms with Crippen molar-refractivity contribution in [3.8, 4) is 0 Å². The highest BCUT2D eigenvalue weighted by atomic mass is 32.2. The summed E-state index contributed by atoms with van der Waals surface area (Å²) in [4.78, 5) is 21.7. The lowest BCUT2D eigenvalue weighted by Gasteiger charge is -2.29. The number of para-hydroxylation sites is 1. The van der Waals surface area contributed by atoms with Crippen molar-refractivity contribution in [3.05, 3.63) is 53.8 Å². The van der Waals surface area contributed by atoms with Crippen molar-refractivity contribution in [2.45, 2.75) is 4.90 Å². The summed E-state index contributed by atoms with van der Waals surface area (Å²) in [5.41, 5.74) is 0.694. The first-order valence-corrected chi connectivity index (χ1v) is 12.5. The van der Waals surface area contributed by atoms with Crippen molar-refractivity contribution in [2.75, 3.05) is 50.5 Å². The van der Waals surface area contributed by atoms with Gasteiger partial charge in [0.2, 0.25) is 0 Å². The molecule has 10 heteroatoms. The van der Waals surface area contributed by atoms with Gasteiger partial charge in [0.15, 0.2) is 15.0 Å². The maximum atomic E-state index is 13.4. The van der Waals surface area contributed by atoms with Crippen LogP contribution in [0.5, 0.6) is 0 Å². The third kappa shape index (κ3) is 4.93. The van der Waals surface area contributed by atoms with Gasteiger partial charge in [0, 0.05) is 38.0 Å². The molecular formula is C21H22FN3O4S2. The number of anilines is 1. The number of amides is 1. The van der Waals surface area contributed by atoms with Crippen LogP contribution in [0.15, 0.2) is 47.4 Å². The fourth-order valence-electron chi connectivity index (χ4n) is 3.42. The third-order valence-electron chi connectivity index (χ3n) is 5.08. The highest BCUT2D eigenvalue weighted by Crippen LogP contribution is 2.33. The lowest BCUT2D eigenvalue weighted by molar-refractivity contribution is 0.0391. The lowest BCUT2D eigenvalue weighted by Crippen LogP contribution is -2.43. The molecule has 1 aliphatic heterocycles. The van der Waals surface area contributed by atoms with Gasteiger partial charge in [-0.2, -0.15) is 0 Å². The number of sulfone groups is 1. The van der Waals surface area contributed by atoms with E-state index in [0.29, 0.717) is 47.2 Å². The fourth-order valence-corrected chi connectivity index (χ4v) is 5.34. The smallest absolute Gasteiger partial charge is 0.260 e. The van der Waals surface area contributed by atoms with Crippen molar-refractivity contribution >= 4 is 42.4 Å². The molecule has 4 rings (SSSR count). The molecule has 2 aromatic carbocycles. The first kappa shape index (κ1) is 21.8. The van der Waals surface area contributed by atoms with Gasteiger partial charge in [-0.3, -0.25) is 14.6 Å². The number of thiazole rings is 1. The maximum Gasteiger partial charge on any atom is 0.260 e. The van der Waals surface area contributed by atoms with Crippen molar-refractivity contribution in [2.24, 2.45) is 0 Å². The minimum atomic E-state index is -3.47. The second-order valence-electron chi connectivity index (χ2n) is 7.29. The second-order valence-corrected chi connectivity index (χ2v) is 10.3. The number of aromatic nitrogens is 1. The Balaban J connectivity index is 1.70. The summed E-state index contributed by atoms with van der Waals surface area (Å²) in [6.07, 6.45) is 1.14. The predicted octanol–water partition coefficient (Wildman–Crippen LogP) is 2.82. The number of carbonyl (C=O) groups excluding carboxylic acids is 1. The molecule has 0 bridgehead atoms. The molecule has 0 N–H and O–H groups in total. The number of rotatable bonds is 6. The molecule has 1 aromatic heterocycles. The topological polar surface area (TPSA) is 79.8 Å². The van der Waals surface area contributed by atoms with Crippen LogP contribution in [0.2, 0.25) is 0 Å². The monoisotopic (exact) mass is 463 g/mol. The molecule has 7 nitrogen and oxygen atoms in total. The molecule has 0 saturated carbocycles. The molecule has 1 fully saturated rings. The molecule has 0 radical (unpaired) electrons. The zero-order valence-electron chi connectivity index (χ0n) is 17.0. The number of nitrogens with zero attached hydrogens (tertiary/aromatic N) is 3. The van der Waals surface area contributed by atoms with Crippen molar-refractivity contribution < 1.29 is 22.3 Å². The Labute approximate surface area is 184 Å². The number of hydrogen-bond donors (Lipinski definition) is 0. The summed E-state index contributed by atoms with van der Waals surface area (Å²) in [7, 11) is -3.47. The van der Waals surface area contributed by atoms with Gasteiger partial charge in [-0.05, 0) is 36.4 Å². The predicted molar refractivity (Wildman–Crippen MR) is 118 cm³/mol. The van der Waals surface area contributed by atoms with Gasteiger partial charge < -0.3 is 4.74 Å². The standard InChI is InChI=1S/C21H22FN3O4S2/c1-31(27,28)18-4-2-3-17-19(18)23-21(30-17)25(10-9-24-11-13-29-14-12-24)20(26)15-5-7-16(22)8-6-15/h2-8H,9-14H2,1H3. The molecule has 2 heterocycles. The number of morpholine rings is 1. The number of fused-ring (bicyclic) bond motifs is 1. The highest BCUT2D eigenvalue weighted by Gasteiger charge is 2.24. The molecule has 3 aromatic rings. The molecule has 0 spiro atoms. The molecular weight excluding hydrogens is 441 g/mol. The Morgan fingerprint density at radius 1 is 1.19 bits per heavy atom. The van der Waals surface area contributed by atoms with Crippen LogP contribution in [0.4, 0.5) is 9.52 Å². The number of carbonyl (C=O) groups is 1. The number of halogens is 1. The van der Waals surface area contributed by atoms with E-state index in [1.807, 2.05) is 0 Å². The minimum absolute atomic E-state index is 0.134. The van der Waals surface area contributed by atoms with Crippen molar-refractivity contribution in [1.29, 1.82) is 0 Å². The fraction of sp³-hybridized carbons (Fsp3) is 0.333. The van der Waals surface area contributed by atoms with Crippen LogP contribution in [0.25, 0.3) is 10.2 Å². The zero-order valence-corrected chi connectivity index (χ0v) is 18.6. The Hall–Kier alpha value is -2.40. The molecule has 0 aliphatic carbocycles. The molecule has 164 valence electrons. The van der Waals surface area contributed by atoms with Crippen LogP contribution in [0.1, 0.15) is 10.4 Å². The molecule has 1 saturated heterocycles. The normalized spacial score (nSPS) is 15.3. The zero-order chi connectivity index (χ0) is 22.0. The van der Waals surface area contributed by atoms with Crippen LogP contribution in [-0.2, 0) is 14.6 Å². The largest absolute Gasteiger partial charge is 0.379 e. The molecule has 31 heavy (non-hydrogen) atoms. The second kappa shape index (κ2) is 8.99. The number of hydrogen-bond acceptors (Lipinski definition) is 7. The van der Waals surface area contributed by atoms with Crippen molar-refractivity contribution in [1.82, 2.24) is 9.88 Å². The quantitative estimate of drug-likeness (QED) is 0.559. The summed E-state index contributed by atoms with van der Waals surface area (Å²) in [6, 6.07) is 10.3. The Bertz CT molecular complexity index is 1190. The molecule has 0 atom stereocenters. The Morgan fingerprint density at radius 2 is 1.90 bits per heavy atom. The lowest BCUT2D eigenvalue weighted by atomic mass is 10.2. The summed E-state index contributed by atoms with van der Waals surface area (Å²) >= 11 is 1.26. The van der Waals surface area contributed by atoms with E-state index in [4.69, 9.17) is 4.74 Å².